The average molecular weight is 341 g/mol. The van der Waals surface area contributed by atoms with E-state index in [0.717, 1.165) is 17.3 Å². The number of hydrogen-bond donors (Lipinski definition) is 0. The Hall–Kier alpha value is -0.370. The molecule has 0 fully saturated rings. The Kier molecular flexibility index (Phi) is 15.9. The van der Waals surface area contributed by atoms with Gasteiger partial charge in [-0.2, -0.15) is 0 Å². The van der Waals surface area contributed by atoms with Gasteiger partial charge in [0.25, 0.3) is 0 Å². The van der Waals surface area contributed by atoms with Gasteiger partial charge >= 0.3 is 0 Å². The maximum absolute atomic E-state index is 11.8. The number of carbonyl (C=O) groups excluding carboxylic acids is 1. The van der Waals surface area contributed by atoms with Crippen molar-refractivity contribution >= 4 is 5.78 Å². The molecule has 0 bridgehead atoms. The number of ketones is 1. The normalized spacial score (nSPS) is 11.8. The van der Waals surface area contributed by atoms with Gasteiger partial charge in [-0.05, 0) is 6.42 Å². The first-order chi connectivity index (χ1) is 11.5. The number of rotatable bonds is 18. The Morgan fingerprint density at radius 3 is 1.25 bits per heavy atom. The zero-order valence-electron chi connectivity index (χ0n) is 17.4. The fourth-order valence-corrected chi connectivity index (χ4v) is 3.30. The second-order valence-corrected chi connectivity index (χ2v) is 8.69. The van der Waals surface area contributed by atoms with Gasteiger partial charge in [-0.3, -0.25) is 4.79 Å². The number of nitrogens with zero attached hydrogens (tertiary/aromatic N) is 1. The van der Waals surface area contributed by atoms with E-state index in [1.807, 2.05) is 0 Å². The summed E-state index contributed by atoms with van der Waals surface area (Å²) in [7, 11) is 6.26. The fraction of sp³-hybridized carbons (Fsp3) is 0.955. The summed E-state index contributed by atoms with van der Waals surface area (Å²) in [6.07, 6.45) is 21.5. The van der Waals surface area contributed by atoms with Gasteiger partial charge in [-0.1, -0.05) is 96.8 Å². The summed E-state index contributed by atoms with van der Waals surface area (Å²) in [6, 6.07) is 0. The molecule has 0 heterocycles. The molecule has 0 aliphatic rings. The van der Waals surface area contributed by atoms with Crippen LogP contribution < -0.4 is 0 Å². The number of quaternary nitrogens is 1. The van der Waals surface area contributed by atoms with E-state index in [0.29, 0.717) is 12.3 Å². The van der Waals surface area contributed by atoms with E-state index < -0.39 is 0 Å². The van der Waals surface area contributed by atoms with E-state index in [-0.39, 0.29) is 0 Å². The maximum Gasteiger partial charge on any atom is 0.186 e. The molecule has 0 amide bonds. The summed E-state index contributed by atoms with van der Waals surface area (Å²) in [5, 5.41) is 0. The lowest BCUT2D eigenvalue weighted by Gasteiger charge is -2.22. The molecule has 0 atom stereocenters. The van der Waals surface area contributed by atoms with E-state index in [2.05, 4.69) is 28.1 Å². The third-order valence-corrected chi connectivity index (χ3v) is 4.71. The highest BCUT2D eigenvalue weighted by atomic mass is 16.1. The van der Waals surface area contributed by atoms with Crippen molar-refractivity contribution in [3.05, 3.63) is 0 Å². The number of carbonyl (C=O) groups is 1. The maximum atomic E-state index is 11.8. The molecule has 0 aliphatic carbocycles. The molecule has 144 valence electrons. The minimum Gasteiger partial charge on any atom is -0.325 e. The lowest BCUT2D eigenvalue weighted by atomic mass is 10.0. The van der Waals surface area contributed by atoms with Gasteiger partial charge in [-0.15, -0.1) is 0 Å². The van der Waals surface area contributed by atoms with Crippen LogP contribution in [0.2, 0.25) is 0 Å². The first-order valence-corrected chi connectivity index (χ1v) is 10.8. The van der Waals surface area contributed by atoms with Gasteiger partial charge < -0.3 is 4.48 Å². The molecule has 0 radical (unpaired) electrons. The highest BCUT2D eigenvalue weighted by Gasteiger charge is 2.13. The van der Waals surface area contributed by atoms with Crippen LogP contribution in [-0.2, 0) is 4.79 Å². The van der Waals surface area contributed by atoms with Crippen LogP contribution in [0.15, 0.2) is 0 Å². The van der Waals surface area contributed by atoms with Crippen molar-refractivity contribution in [2.45, 2.75) is 110 Å². The second-order valence-electron chi connectivity index (χ2n) is 8.69. The molecular formula is C22H46NO+. The van der Waals surface area contributed by atoms with Crippen LogP contribution in [-0.4, -0.2) is 38.0 Å². The summed E-state index contributed by atoms with van der Waals surface area (Å²) >= 11 is 0. The molecule has 0 aliphatic heterocycles. The number of hydrogen-bond acceptors (Lipinski definition) is 1. The summed E-state index contributed by atoms with van der Waals surface area (Å²) in [6.45, 7) is 2.96. The van der Waals surface area contributed by atoms with Crippen molar-refractivity contribution in [3.63, 3.8) is 0 Å². The lowest BCUT2D eigenvalue weighted by molar-refractivity contribution is -0.862. The number of unbranched alkanes of at least 4 members (excludes halogenated alkanes) is 14. The first-order valence-electron chi connectivity index (χ1n) is 10.8. The summed E-state index contributed by atoms with van der Waals surface area (Å²) in [5.41, 5.74) is 0. The zero-order valence-corrected chi connectivity index (χ0v) is 17.4. The largest absolute Gasteiger partial charge is 0.325 e. The van der Waals surface area contributed by atoms with Gasteiger partial charge in [-0.25, -0.2) is 0 Å². The summed E-state index contributed by atoms with van der Waals surface area (Å²) < 4.78 is 0.761. The van der Waals surface area contributed by atoms with Gasteiger partial charge in [0.05, 0.1) is 21.1 Å². The smallest absolute Gasteiger partial charge is 0.186 e. The van der Waals surface area contributed by atoms with E-state index in [1.54, 1.807) is 0 Å². The van der Waals surface area contributed by atoms with Crippen LogP contribution >= 0.6 is 0 Å². The Balaban J connectivity index is 3.14. The number of likely N-dealkylation sites (N-methyl/N-ethyl adjacent to an activating group) is 1. The SMILES string of the molecule is CCCCCCCCCCCCCCCCCC(=O)C[N+](C)(C)C. The topological polar surface area (TPSA) is 17.1 Å². The highest BCUT2D eigenvalue weighted by molar-refractivity contribution is 5.79. The van der Waals surface area contributed by atoms with E-state index in [9.17, 15) is 4.79 Å². The Labute approximate surface area is 153 Å². The summed E-state index contributed by atoms with van der Waals surface area (Å²) in [5.74, 6) is 0.428. The molecule has 0 aromatic carbocycles. The van der Waals surface area contributed by atoms with Gasteiger partial charge in [0, 0.05) is 6.42 Å². The van der Waals surface area contributed by atoms with Crippen molar-refractivity contribution in [1.29, 1.82) is 0 Å². The Bertz CT molecular complexity index is 280. The monoisotopic (exact) mass is 340 g/mol. The molecule has 0 aromatic heterocycles. The van der Waals surface area contributed by atoms with Crippen LogP contribution in [0.25, 0.3) is 0 Å². The number of Topliss-reactive ketones (excluding diaryl/α,β-unsaturated/α-hetero) is 1. The quantitative estimate of drug-likeness (QED) is 0.205. The van der Waals surface area contributed by atoms with Crippen LogP contribution in [0, 0.1) is 0 Å². The molecule has 0 unspecified atom stereocenters. The Morgan fingerprint density at radius 1 is 0.583 bits per heavy atom. The van der Waals surface area contributed by atoms with Crippen LogP contribution in [0.1, 0.15) is 110 Å². The minimum atomic E-state index is 0.428. The van der Waals surface area contributed by atoms with Crippen molar-refractivity contribution in [3.8, 4) is 0 Å². The van der Waals surface area contributed by atoms with E-state index in [1.165, 1.54) is 89.9 Å². The molecule has 0 aromatic rings. The highest BCUT2D eigenvalue weighted by Crippen LogP contribution is 2.13. The third kappa shape index (κ3) is 19.7. The fourth-order valence-electron chi connectivity index (χ4n) is 3.30. The van der Waals surface area contributed by atoms with Crippen molar-refractivity contribution in [2.24, 2.45) is 0 Å². The van der Waals surface area contributed by atoms with Gasteiger partial charge in [0.1, 0.15) is 6.54 Å². The molecule has 0 N–H and O–H groups in total. The van der Waals surface area contributed by atoms with Crippen molar-refractivity contribution in [2.75, 3.05) is 27.7 Å². The molecule has 24 heavy (non-hydrogen) atoms. The molecule has 2 heteroatoms. The van der Waals surface area contributed by atoms with Crippen LogP contribution in [0.5, 0.6) is 0 Å². The second kappa shape index (κ2) is 16.1. The third-order valence-electron chi connectivity index (χ3n) is 4.71. The predicted octanol–water partition coefficient (Wildman–Crippen LogP) is 6.52. The van der Waals surface area contributed by atoms with Gasteiger partial charge in [0.2, 0.25) is 0 Å². The van der Waals surface area contributed by atoms with Gasteiger partial charge in [0.15, 0.2) is 5.78 Å². The first kappa shape index (κ1) is 23.6. The molecule has 0 saturated heterocycles. The zero-order chi connectivity index (χ0) is 18.1. The van der Waals surface area contributed by atoms with E-state index >= 15 is 0 Å². The van der Waals surface area contributed by atoms with Crippen LogP contribution in [0.4, 0.5) is 0 Å². The molecule has 0 spiro atoms. The average Bonchev–Trinajstić information content (AvgIpc) is 2.49. The molecule has 0 saturated carbocycles. The van der Waals surface area contributed by atoms with Crippen molar-refractivity contribution in [1.82, 2.24) is 0 Å². The van der Waals surface area contributed by atoms with Crippen LogP contribution in [0.3, 0.4) is 0 Å². The molecular weight excluding hydrogens is 294 g/mol. The molecule has 0 rings (SSSR count). The standard InChI is InChI=1S/C22H46NO/c1-5-6-7-8-9-10-11-12-13-14-15-16-17-18-19-20-22(24)21-23(2,3)4/h5-21H2,1-4H3/q+1. The Morgan fingerprint density at radius 2 is 0.917 bits per heavy atom. The predicted molar refractivity (Wildman–Crippen MR) is 107 cm³/mol. The van der Waals surface area contributed by atoms with Crippen molar-refractivity contribution < 1.29 is 9.28 Å². The van der Waals surface area contributed by atoms with E-state index in [4.69, 9.17) is 0 Å². The minimum absolute atomic E-state index is 0.428. The lowest BCUT2D eigenvalue weighted by Crippen LogP contribution is -2.39. The molecule has 2 nitrogen and oxygen atoms in total. The summed E-state index contributed by atoms with van der Waals surface area (Å²) in [4.78, 5) is 11.8.